The first-order chi connectivity index (χ1) is 10.2. The number of rotatable bonds is 4. The van der Waals surface area contributed by atoms with E-state index in [9.17, 15) is 4.79 Å². The van der Waals surface area contributed by atoms with Crippen LogP contribution in [0.3, 0.4) is 0 Å². The summed E-state index contributed by atoms with van der Waals surface area (Å²) in [5.41, 5.74) is 1.59. The van der Waals surface area contributed by atoms with Gasteiger partial charge in [-0.2, -0.15) is 0 Å². The number of nitrogens with zero attached hydrogens (tertiary/aromatic N) is 1. The molecule has 1 aromatic rings. The third-order valence-electron chi connectivity index (χ3n) is 5.17. The number of hydrogen-bond acceptors (Lipinski definition) is 3. The average molecular weight is 287 g/mol. The summed E-state index contributed by atoms with van der Waals surface area (Å²) in [7, 11) is 0. The van der Waals surface area contributed by atoms with Crippen LogP contribution in [0.1, 0.15) is 41.6 Å². The Balaban J connectivity index is 1.50. The Hall–Kier alpha value is -1.39. The van der Waals surface area contributed by atoms with E-state index in [0.29, 0.717) is 11.6 Å². The van der Waals surface area contributed by atoms with E-state index in [1.54, 1.807) is 12.1 Å². The molecule has 21 heavy (non-hydrogen) atoms. The molecule has 4 heteroatoms. The number of benzene rings is 1. The molecule has 4 nitrogen and oxygen atoms in total. The molecule has 1 spiro atoms. The Morgan fingerprint density at radius 2 is 2.29 bits per heavy atom. The fourth-order valence-electron chi connectivity index (χ4n) is 4.16. The second-order valence-electron chi connectivity index (χ2n) is 6.71. The molecule has 1 N–H and O–H groups in total. The van der Waals surface area contributed by atoms with E-state index < -0.39 is 5.97 Å². The van der Waals surface area contributed by atoms with Gasteiger partial charge in [0, 0.05) is 25.7 Å². The van der Waals surface area contributed by atoms with Gasteiger partial charge in [0.05, 0.1) is 11.2 Å². The molecule has 3 aliphatic rings. The van der Waals surface area contributed by atoms with Gasteiger partial charge >= 0.3 is 5.97 Å². The lowest BCUT2D eigenvalue weighted by molar-refractivity contribution is -0.172. The van der Waals surface area contributed by atoms with Crippen molar-refractivity contribution in [1.29, 1.82) is 0 Å². The number of carboxylic acid groups (broad SMARTS) is 1. The van der Waals surface area contributed by atoms with Crippen LogP contribution < -0.4 is 0 Å². The number of carboxylic acids is 1. The summed E-state index contributed by atoms with van der Waals surface area (Å²) in [5.74, 6) is -0.0608. The zero-order valence-corrected chi connectivity index (χ0v) is 12.1. The Labute approximate surface area is 124 Å². The maximum absolute atomic E-state index is 11.1. The van der Waals surface area contributed by atoms with Crippen molar-refractivity contribution in [3.8, 4) is 0 Å². The fraction of sp³-hybridized carbons (Fsp3) is 0.588. The highest BCUT2D eigenvalue weighted by Gasteiger charge is 2.59. The smallest absolute Gasteiger partial charge is 0.335 e. The van der Waals surface area contributed by atoms with Gasteiger partial charge in [0.15, 0.2) is 0 Å². The zero-order valence-electron chi connectivity index (χ0n) is 12.1. The molecule has 112 valence electrons. The minimum atomic E-state index is -0.852. The normalized spacial score (nSPS) is 32.3. The van der Waals surface area contributed by atoms with Crippen LogP contribution in [0.15, 0.2) is 24.3 Å². The highest BCUT2D eigenvalue weighted by atomic mass is 16.5. The lowest BCUT2D eigenvalue weighted by Gasteiger charge is -2.55. The van der Waals surface area contributed by atoms with Crippen molar-refractivity contribution in [2.24, 2.45) is 5.92 Å². The van der Waals surface area contributed by atoms with Crippen molar-refractivity contribution in [3.05, 3.63) is 35.4 Å². The summed E-state index contributed by atoms with van der Waals surface area (Å²) in [6.07, 6.45) is 5.02. The summed E-state index contributed by atoms with van der Waals surface area (Å²) in [5, 5.41) is 9.10. The van der Waals surface area contributed by atoms with Crippen LogP contribution in [0, 0.1) is 5.92 Å². The predicted octanol–water partition coefficient (Wildman–Crippen LogP) is 2.53. The Morgan fingerprint density at radius 3 is 2.95 bits per heavy atom. The fourth-order valence-corrected chi connectivity index (χ4v) is 4.16. The first-order valence-electron chi connectivity index (χ1n) is 7.88. The van der Waals surface area contributed by atoms with Crippen LogP contribution in [-0.2, 0) is 11.3 Å². The van der Waals surface area contributed by atoms with Crippen molar-refractivity contribution in [2.75, 3.05) is 13.2 Å². The van der Waals surface area contributed by atoms with E-state index in [1.165, 1.54) is 25.7 Å². The summed E-state index contributed by atoms with van der Waals surface area (Å²) in [6.45, 7) is 2.75. The van der Waals surface area contributed by atoms with E-state index >= 15 is 0 Å². The summed E-state index contributed by atoms with van der Waals surface area (Å²) >= 11 is 0. The van der Waals surface area contributed by atoms with Crippen molar-refractivity contribution in [3.63, 3.8) is 0 Å². The van der Waals surface area contributed by atoms with Crippen molar-refractivity contribution in [2.45, 2.75) is 43.9 Å². The molecule has 2 heterocycles. The number of aromatic carboxylic acids is 1. The van der Waals surface area contributed by atoms with Crippen LogP contribution in [-0.4, -0.2) is 40.8 Å². The predicted molar refractivity (Wildman–Crippen MR) is 78.2 cm³/mol. The molecule has 2 unspecified atom stereocenters. The molecule has 0 aromatic heterocycles. The van der Waals surface area contributed by atoms with Crippen LogP contribution in [0.4, 0.5) is 0 Å². The third kappa shape index (κ3) is 2.27. The van der Waals surface area contributed by atoms with Gasteiger partial charge in [-0.3, -0.25) is 4.90 Å². The van der Waals surface area contributed by atoms with Crippen LogP contribution in [0.2, 0.25) is 0 Å². The van der Waals surface area contributed by atoms with E-state index in [1.807, 2.05) is 12.1 Å². The number of ether oxygens (including phenoxy) is 1. The molecule has 0 bridgehead atoms. The van der Waals surface area contributed by atoms with Gasteiger partial charge in [0.2, 0.25) is 0 Å². The monoisotopic (exact) mass is 287 g/mol. The maximum atomic E-state index is 11.1. The van der Waals surface area contributed by atoms with E-state index in [2.05, 4.69) is 4.90 Å². The Kier molecular flexibility index (Phi) is 3.05. The summed E-state index contributed by atoms with van der Waals surface area (Å²) in [4.78, 5) is 13.6. The van der Waals surface area contributed by atoms with E-state index in [0.717, 1.165) is 31.2 Å². The van der Waals surface area contributed by atoms with Crippen molar-refractivity contribution < 1.29 is 14.6 Å². The summed E-state index contributed by atoms with van der Waals surface area (Å²) in [6, 6.07) is 7.87. The lowest BCUT2D eigenvalue weighted by Crippen LogP contribution is -2.69. The molecule has 0 radical (unpaired) electrons. The molecule has 4 rings (SSSR count). The third-order valence-corrected chi connectivity index (χ3v) is 5.17. The quantitative estimate of drug-likeness (QED) is 0.924. The standard InChI is InChI=1S/C17H21NO3/c19-16(20)14-4-1-3-12(9-14)10-18-11-17(7-2-8-21-17)15(18)13-5-6-13/h1,3-4,9,13,15H,2,5-8,10-11H2,(H,19,20). The van der Waals surface area contributed by atoms with Crippen molar-refractivity contribution in [1.82, 2.24) is 4.90 Å². The first-order valence-corrected chi connectivity index (χ1v) is 7.88. The van der Waals surface area contributed by atoms with Gasteiger partial charge in [-0.15, -0.1) is 0 Å². The number of carbonyl (C=O) groups is 1. The SMILES string of the molecule is O=C(O)c1cccc(CN2CC3(CCCO3)C2C2CC2)c1. The molecular weight excluding hydrogens is 266 g/mol. The topological polar surface area (TPSA) is 49.8 Å². The maximum Gasteiger partial charge on any atom is 0.335 e. The van der Waals surface area contributed by atoms with Gasteiger partial charge in [0.25, 0.3) is 0 Å². The minimum Gasteiger partial charge on any atom is -0.478 e. The van der Waals surface area contributed by atoms with Crippen LogP contribution >= 0.6 is 0 Å². The zero-order chi connectivity index (χ0) is 14.4. The number of hydrogen-bond donors (Lipinski definition) is 1. The van der Waals surface area contributed by atoms with E-state index in [4.69, 9.17) is 9.84 Å². The van der Waals surface area contributed by atoms with Crippen LogP contribution in [0.25, 0.3) is 0 Å². The Morgan fingerprint density at radius 1 is 1.43 bits per heavy atom. The molecule has 2 atom stereocenters. The van der Waals surface area contributed by atoms with Crippen LogP contribution in [0.5, 0.6) is 0 Å². The second kappa shape index (κ2) is 4.82. The van der Waals surface area contributed by atoms with E-state index in [-0.39, 0.29) is 5.60 Å². The highest BCUT2D eigenvalue weighted by Crippen LogP contribution is 2.51. The summed E-state index contributed by atoms with van der Waals surface area (Å²) < 4.78 is 6.08. The molecule has 1 saturated carbocycles. The van der Waals surface area contributed by atoms with Gasteiger partial charge < -0.3 is 9.84 Å². The largest absolute Gasteiger partial charge is 0.478 e. The molecular formula is C17H21NO3. The molecule has 1 aliphatic carbocycles. The van der Waals surface area contributed by atoms with Crippen molar-refractivity contribution >= 4 is 5.97 Å². The second-order valence-corrected chi connectivity index (χ2v) is 6.71. The molecule has 1 aromatic carbocycles. The first kappa shape index (κ1) is 13.3. The molecule has 3 fully saturated rings. The molecule has 2 saturated heterocycles. The van der Waals surface area contributed by atoms with Gasteiger partial charge in [-0.05, 0) is 49.3 Å². The molecule has 2 aliphatic heterocycles. The highest BCUT2D eigenvalue weighted by molar-refractivity contribution is 5.87. The Bertz CT molecular complexity index is 561. The van der Waals surface area contributed by atoms with Gasteiger partial charge in [0.1, 0.15) is 0 Å². The van der Waals surface area contributed by atoms with Gasteiger partial charge in [-0.1, -0.05) is 12.1 Å². The lowest BCUT2D eigenvalue weighted by atomic mass is 9.78. The van der Waals surface area contributed by atoms with Gasteiger partial charge in [-0.25, -0.2) is 4.79 Å². The average Bonchev–Trinajstić information content (AvgIpc) is 3.13. The molecule has 0 amide bonds. The minimum absolute atomic E-state index is 0.117. The number of likely N-dealkylation sites (tertiary alicyclic amines) is 1.